The van der Waals surface area contributed by atoms with Gasteiger partial charge in [-0.3, -0.25) is 9.00 Å². The number of hydrogen-bond donors (Lipinski definition) is 2. The molecule has 0 bridgehead atoms. The first-order valence-corrected chi connectivity index (χ1v) is 5.74. The zero-order valence-corrected chi connectivity index (χ0v) is 8.88. The number of rotatable bonds is 1. The lowest BCUT2D eigenvalue weighted by molar-refractivity contribution is 0.0998. The van der Waals surface area contributed by atoms with Crippen LogP contribution < -0.4 is 5.73 Å². The van der Waals surface area contributed by atoms with Gasteiger partial charge in [0.15, 0.2) is 0 Å². The normalized spacial score (nSPS) is 9.07. The molecule has 0 aliphatic rings. The maximum absolute atomic E-state index is 10.5. The predicted molar refractivity (Wildman–Crippen MR) is 56.6 cm³/mol. The molecule has 0 unspecified atom stereocenters. The summed E-state index contributed by atoms with van der Waals surface area (Å²) in [6, 6.07) is 6.15. The van der Waals surface area contributed by atoms with E-state index < -0.39 is 16.7 Å². The average Bonchev–Trinajstić information content (AvgIpc) is 2.03. The van der Waals surface area contributed by atoms with Crippen molar-refractivity contribution < 1.29 is 14.1 Å². The molecule has 0 radical (unpaired) electrons. The third kappa shape index (κ3) is 5.31. The van der Waals surface area contributed by atoms with Crippen molar-refractivity contribution in [1.82, 2.24) is 0 Å². The Balaban J connectivity index is 0.000000364. The van der Waals surface area contributed by atoms with Gasteiger partial charge in [-0.1, -0.05) is 12.1 Å². The summed E-state index contributed by atoms with van der Waals surface area (Å²) in [6.07, 6.45) is 3.28. The Kier molecular flexibility index (Phi) is 5.55. The predicted octanol–water partition coefficient (Wildman–Crippen LogP) is 0.486. The molecule has 0 atom stereocenters. The van der Waals surface area contributed by atoms with Crippen LogP contribution in [0.2, 0.25) is 0 Å². The zero-order valence-electron chi connectivity index (χ0n) is 8.06. The van der Waals surface area contributed by atoms with Gasteiger partial charge in [0, 0.05) is 23.3 Å². The van der Waals surface area contributed by atoms with Gasteiger partial charge in [-0.15, -0.1) is 0 Å². The second kappa shape index (κ2) is 6.15. The van der Waals surface area contributed by atoms with Crippen LogP contribution in [-0.4, -0.2) is 27.7 Å². The molecule has 0 aliphatic heterocycles. The number of amides is 1. The number of nitrogens with two attached hydrogens (primary N) is 1. The number of carbonyl (C=O) groups excluding carboxylic acids is 1. The summed E-state index contributed by atoms with van der Waals surface area (Å²) in [5.41, 5.74) is 5.07. The minimum atomic E-state index is -0.613. The summed E-state index contributed by atoms with van der Waals surface area (Å²) in [4.78, 5) is 10.5. The molecular weight excluding hydrogens is 202 g/mol. The van der Waals surface area contributed by atoms with Gasteiger partial charge >= 0.3 is 0 Å². The molecule has 0 aromatic heterocycles. The molecule has 14 heavy (non-hydrogen) atoms. The van der Waals surface area contributed by atoms with Gasteiger partial charge < -0.3 is 10.8 Å². The van der Waals surface area contributed by atoms with Crippen LogP contribution in [0.4, 0.5) is 0 Å². The summed E-state index contributed by atoms with van der Waals surface area (Å²) in [5.74, 6) is -0.687. The second-order valence-corrected chi connectivity index (χ2v) is 4.11. The first-order chi connectivity index (χ1) is 6.45. The van der Waals surface area contributed by atoms with E-state index >= 15 is 0 Å². The van der Waals surface area contributed by atoms with Crippen molar-refractivity contribution in [3.63, 3.8) is 0 Å². The van der Waals surface area contributed by atoms with Crippen molar-refractivity contribution in [3.05, 3.63) is 29.8 Å². The van der Waals surface area contributed by atoms with Crippen LogP contribution in [0, 0.1) is 0 Å². The summed E-state index contributed by atoms with van der Waals surface area (Å²) < 4.78 is 9.56. The van der Waals surface area contributed by atoms with E-state index in [1.165, 1.54) is 12.1 Å². The van der Waals surface area contributed by atoms with E-state index in [0.29, 0.717) is 0 Å². The Morgan fingerprint density at radius 3 is 2.07 bits per heavy atom. The third-order valence-electron chi connectivity index (χ3n) is 1.17. The molecule has 0 heterocycles. The lowest BCUT2D eigenvalue weighted by atomic mass is 10.2. The molecule has 4 nitrogen and oxygen atoms in total. The van der Waals surface area contributed by atoms with E-state index in [1.54, 1.807) is 24.6 Å². The smallest absolute Gasteiger partial charge is 0.252 e. The molecule has 0 fully saturated rings. The molecule has 1 rings (SSSR count). The summed E-state index contributed by atoms with van der Waals surface area (Å²) >= 11 is 0. The number of carbonyl (C=O) groups is 1. The Hall–Kier alpha value is -1.36. The summed E-state index contributed by atoms with van der Waals surface area (Å²) in [6.45, 7) is 0. The number of para-hydroxylation sites is 1. The van der Waals surface area contributed by atoms with E-state index in [9.17, 15) is 9.00 Å². The Morgan fingerprint density at radius 2 is 1.79 bits per heavy atom. The highest BCUT2D eigenvalue weighted by Crippen LogP contribution is 2.13. The van der Waals surface area contributed by atoms with Crippen LogP contribution >= 0.6 is 0 Å². The fourth-order valence-electron chi connectivity index (χ4n) is 0.682. The van der Waals surface area contributed by atoms with E-state index in [2.05, 4.69) is 0 Å². The molecule has 0 saturated heterocycles. The first kappa shape index (κ1) is 12.6. The van der Waals surface area contributed by atoms with Crippen molar-refractivity contribution in [3.8, 4) is 5.75 Å². The maximum atomic E-state index is 10.5. The van der Waals surface area contributed by atoms with Gasteiger partial charge in [0.05, 0.1) is 5.56 Å². The van der Waals surface area contributed by atoms with Gasteiger partial charge in [-0.05, 0) is 12.1 Å². The molecule has 1 aromatic rings. The van der Waals surface area contributed by atoms with E-state index in [4.69, 9.17) is 10.8 Å². The standard InChI is InChI=1S/C7H7NO2.C2H6OS/c8-7(10)5-3-1-2-4-6(5)9;1-4(2)3/h1-4,9H,(H2,8,10);1-2H3. The van der Waals surface area contributed by atoms with Gasteiger partial charge in [0.2, 0.25) is 0 Å². The van der Waals surface area contributed by atoms with Crippen molar-refractivity contribution in [1.29, 1.82) is 0 Å². The minimum Gasteiger partial charge on any atom is -0.507 e. The molecule has 3 N–H and O–H groups in total. The summed E-state index contributed by atoms with van der Waals surface area (Å²) in [5, 5.41) is 8.98. The minimum absolute atomic E-state index is 0.0741. The Bertz CT molecular complexity index is 335. The van der Waals surface area contributed by atoms with Crippen LogP contribution in [-0.2, 0) is 10.8 Å². The molecule has 1 aromatic carbocycles. The number of phenols is 1. The molecule has 78 valence electrons. The highest BCUT2D eigenvalue weighted by atomic mass is 32.2. The quantitative estimate of drug-likeness (QED) is 0.715. The van der Waals surface area contributed by atoms with Gasteiger partial charge in [-0.2, -0.15) is 0 Å². The number of primary amides is 1. The van der Waals surface area contributed by atoms with E-state index in [1.807, 2.05) is 0 Å². The fraction of sp³-hybridized carbons (Fsp3) is 0.222. The second-order valence-electron chi connectivity index (χ2n) is 2.62. The number of benzene rings is 1. The van der Waals surface area contributed by atoms with Crippen LogP contribution in [0.25, 0.3) is 0 Å². The van der Waals surface area contributed by atoms with Crippen LogP contribution in [0.5, 0.6) is 5.75 Å². The van der Waals surface area contributed by atoms with Gasteiger partial charge in [0.1, 0.15) is 5.75 Å². The molecule has 0 spiro atoms. The van der Waals surface area contributed by atoms with Crippen LogP contribution in [0.1, 0.15) is 10.4 Å². The number of hydrogen-bond acceptors (Lipinski definition) is 3. The SMILES string of the molecule is CS(C)=O.NC(=O)c1ccccc1O. The largest absolute Gasteiger partial charge is 0.507 e. The van der Waals surface area contributed by atoms with Crippen LogP contribution in [0.3, 0.4) is 0 Å². The fourth-order valence-corrected chi connectivity index (χ4v) is 0.682. The van der Waals surface area contributed by atoms with Crippen LogP contribution in [0.15, 0.2) is 24.3 Å². The van der Waals surface area contributed by atoms with Crippen molar-refractivity contribution in [2.24, 2.45) is 5.73 Å². The third-order valence-corrected chi connectivity index (χ3v) is 1.17. The Labute approximate surface area is 85.2 Å². The molecule has 0 aliphatic carbocycles. The molecule has 1 amide bonds. The molecular formula is C9H13NO3S. The number of aromatic hydroxyl groups is 1. The van der Waals surface area contributed by atoms with Crippen molar-refractivity contribution in [2.45, 2.75) is 0 Å². The maximum Gasteiger partial charge on any atom is 0.252 e. The van der Waals surface area contributed by atoms with Crippen molar-refractivity contribution >= 4 is 16.7 Å². The zero-order chi connectivity index (χ0) is 11.1. The van der Waals surface area contributed by atoms with Gasteiger partial charge in [-0.25, -0.2) is 0 Å². The van der Waals surface area contributed by atoms with E-state index in [0.717, 1.165) is 0 Å². The topological polar surface area (TPSA) is 80.4 Å². The van der Waals surface area contributed by atoms with Gasteiger partial charge in [0.25, 0.3) is 5.91 Å². The molecule has 5 heteroatoms. The average molecular weight is 215 g/mol. The lowest BCUT2D eigenvalue weighted by Gasteiger charge is -1.96. The monoisotopic (exact) mass is 215 g/mol. The molecule has 0 saturated carbocycles. The highest BCUT2D eigenvalue weighted by molar-refractivity contribution is 7.83. The summed E-state index contributed by atoms with van der Waals surface area (Å²) in [7, 11) is -0.611. The van der Waals surface area contributed by atoms with Crippen molar-refractivity contribution in [2.75, 3.05) is 12.5 Å². The van der Waals surface area contributed by atoms with E-state index in [-0.39, 0.29) is 11.3 Å². The highest BCUT2D eigenvalue weighted by Gasteiger charge is 2.03. The first-order valence-electron chi connectivity index (χ1n) is 3.78. The Morgan fingerprint density at radius 1 is 1.36 bits per heavy atom. The lowest BCUT2D eigenvalue weighted by Crippen LogP contribution is -2.10.